The lowest BCUT2D eigenvalue weighted by Gasteiger charge is -2.46. The van der Waals surface area contributed by atoms with E-state index in [1.165, 1.54) is 57.3 Å². The molecular weight excluding hydrogens is 350 g/mol. The molecule has 0 bridgehead atoms. The maximum absolute atomic E-state index is 11.3. The summed E-state index contributed by atoms with van der Waals surface area (Å²) in [6.07, 6.45) is 6.93. The summed E-state index contributed by atoms with van der Waals surface area (Å²) in [6.45, 7) is 8.43. The monoisotopic (exact) mass is 381 g/mol. The molecule has 3 aliphatic rings. The first kappa shape index (κ1) is 18.1. The molecule has 2 fully saturated rings. The predicted molar refractivity (Wildman–Crippen MR) is 111 cm³/mol. The molecule has 3 aliphatic heterocycles. The van der Waals surface area contributed by atoms with Crippen molar-refractivity contribution >= 4 is 22.6 Å². The van der Waals surface area contributed by atoms with Crippen molar-refractivity contribution in [3.8, 4) is 0 Å². The Kier molecular flexibility index (Phi) is 4.85. The van der Waals surface area contributed by atoms with E-state index in [-0.39, 0.29) is 5.91 Å². The second-order valence-corrected chi connectivity index (χ2v) is 8.80. The third-order valence-corrected chi connectivity index (χ3v) is 6.87. The average molecular weight is 382 g/mol. The Morgan fingerprint density at radius 3 is 2.93 bits per heavy atom. The molecule has 0 saturated carbocycles. The molecule has 0 spiro atoms. The van der Waals surface area contributed by atoms with Crippen molar-refractivity contribution < 1.29 is 4.79 Å². The number of anilines is 1. The number of imidazole rings is 1. The summed E-state index contributed by atoms with van der Waals surface area (Å²) in [5.41, 5.74) is 2.99. The van der Waals surface area contributed by atoms with Crippen LogP contribution < -0.4 is 5.32 Å². The van der Waals surface area contributed by atoms with Gasteiger partial charge in [-0.15, -0.1) is 0 Å². The van der Waals surface area contributed by atoms with Crippen LogP contribution in [-0.2, 0) is 17.9 Å². The van der Waals surface area contributed by atoms with Crippen LogP contribution in [0.2, 0.25) is 0 Å². The van der Waals surface area contributed by atoms with Gasteiger partial charge in [0.05, 0.1) is 17.6 Å². The topological polar surface area (TPSA) is 53.4 Å². The van der Waals surface area contributed by atoms with Gasteiger partial charge in [-0.1, -0.05) is 6.42 Å². The Morgan fingerprint density at radius 2 is 2.04 bits per heavy atom. The van der Waals surface area contributed by atoms with Crippen LogP contribution in [0, 0.1) is 5.92 Å². The minimum Gasteiger partial charge on any atom is -0.326 e. The summed E-state index contributed by atoms with van der Waals surface area (Å²) in [4.78, 5) is 21.6. The second kappa shape index (κ2) is 7.48. The summed E-state index contributed by atoms with van der Waals surface area (Å²) in [7, 11) is 0. The van der Waals surface area contributed by atoms with Gasteiger partial charge in [0.25, 0.3) is 0 Å². The van der Waals surface area contributed by atoms with Crippen molar-refractivity contribution in [2.75, 3.05) is 31.5 Å². The molecule has 5 rings (SSSR count). The zero-order valence-corrected chi connectivity index (χ0v) is 16.9. The first-order valence-corrected chi connectivity index (χ1v) is 10.9. The van der Waals surface area contributed by atoms with Gasteiger partial charge in [0.2, 0.25) is 5.91 Å². The smallest absolute Gasteiger partial charge is 0.221 e. The van der Waals surface area contributed by atoms with Crippen molar-refractivity contribution in [2.24, 2.45) is 5.92 Å². The Balaban J connectivity index is 1.31. The lowest BCUT2D eigenvalue weighted by molar-refractivity contribution is -0.114. The highest BCUT2D eigenvalue weighted by Crippen LogP contribution is 2.32. The number of hydrogen-bond donors (Lipinski definition) is 1. The molecule has 150 valence electrons. The van der Waals surface area contributed by atoms with Crippen LogP contribution in [0.15, 0.2) is 18.2 Å². The van der Waals surface area contributed by atoms with Crippen LogP contribution in [0.3, 0.4) is 0 Å². The third kappa shape index (κ3) is 3.44. The molecular formula is C22H31N5O. The van der Waals surface area contributed by atoms with E-state index in [4.69, 9.17) is 4.98 Å². The van der Waals surface area contributed by atoms with E-state index in [2.05, 4.69) is 25.8 Å². The Bertz CT molecular complexity index is 873. The van der Waals surface area contributed by atoms with Crippen LogP contribution in [0.5, 0.6) is 0 Å². The standard InChI is InChI=1S/C22H31N5O/c1-16(28)23-18-7-8-21-19(13-18)24-22-15-25(11-12-27(21)22)14-17-5-4-10-26-9-3-2-6-20(17)26/h7-8,13,17,20H,2-6,9-12,14-15H2,1H3,(H,23,28)/t17-,20+/m0/s1. The van der Waals surface area contributed by atoms with Gasteiger partial charge in [0.15, 0.2) is 0 Å². The summed E-state index contributed by atoms with van der Waals surface area (Å²) >= 11 is 0. The van der Waals surface area contributed by atoms with Crippen LogP contribution in [-0.4, -0.2) is 57.5 Å². The molecule has 0 unspecified atom stereocenters. The number of hydrogen-bond acceptors (Lipinski definition) is 4. The van der Waals surface area contributed by atoms with Gasteiger partial charge in [-0.3, -0.25) is 9.69 Å². The van der Waals surface area contributed by atoms with E-state index in [1.54, 1.807) is 6.92 Å². The molecule has 2 aromatic rings. The highest BCUT2D eigenvalue weighted by atomic mass is 16.1. The summed E-state index contributed by atoms with van der Waals surface area (Å²) < 4.78 is 2.36. The van der Waals surface area contributed by atoms with Crippen molar-refractivity contribution in [3.05, 3.63) is 24.0 Å². The Hall–Kier alpha value is -1.92. The van der Waals surface area contributed by atoms with E-state index >= 15 is 0 Å². The maximum atomic E-state index is 11.3. The fourth-order valence-electron chi connectivity index (χ4n) is 5.63. The van der Waals surface area contributed by atoms with Gasteiger partial charge in [-0.2, -0.15) is 0 Å². The maximum Gasteiger partial charge on any atom is 0.221 e. The van der Waals surface area contributed by atoms with Crippen LogP contribution >= 0.6 is 0 Å². The van der Waals surface area contributed by atoms with Crippen LogP contribution in [0.1, 0.15) is 44.9 Å². The highest BCUT2D eigenvalue weighted by molar-refractivity contribution is 5.91. The molecule has 0 radical (unpaired) electrons. The van der Waals surface area contributed by atoms with Gasteiger partial charge in [-0.25, -0.2) is 4.98 Å². The first-order valence-electron chi connectivity index (χ1n) is 10.9. The summed E-state index contributed by atoms with van der Waals surface area (Å²) in [6, 6.07) is 6.87. The largest absolute Gasteiger partial charge is 0.326 e. The van der Waals surface area contributed by atoms with Gasteiger partial charge in [0, 0.05) is 38.3 Å². The number of benzene rings is 1. The molecule has 28 heavy (non-hydrogen) atoms. The van der Waals surface area contributed by atoms with Crippen molar-refractivity contribution in [3.63, 3.8) is 0 Å². The van der Waals surface area contributed by atoms with Gasteiger partial charge in [0.1, 0.15) is 5.82 Å². The molecule has 0 aliphatic carbocycles. The number of carbonyl (C=O) groups is 1. The zero-order valence-electron chi connectivity index (χ0n) is 16.9. The number of rotatable bonds is 3. The van der Waals surface area contributed by atoms with E-state index in [1.807, 2.05) is 12.1 Å². The highest BCUT2D eigenvalue weighted by Gasteiger charge is 2.34. The number of fused-ring (bicyclic) bond motifs is 4. The zero-order chi connectivity index (χ0) is 19.1. The predicted octanol–water partition coefficient (Wildman–Crippen LogP) is 3.07. The number of aromatic nitrogens is 2. The van der Waals surface area contributed by atoms with Crippen molar-refractivity contribution in [2.45, 2.75) is 58.2 Å². The van der Waals surface area contributed by atoms with Gasteiger partial charge in [-0.05, 0) is 62.9 Å². The SMILES string of the molecule is CC(=O)Nc1ccc2c(c1)nc1n2CCN(C[C@@H]2CCCN3CCCC[C@H]23)C1. The summed E-state index contributed by atoms with van der Waals surface area (Å²) in [5.74, 6) is 1.94. The average Bonchev–Trinajstić information content (AvgIpc) is 3.04. The fraction of sp³-hybridized carbons (Fsp3) is 0.636. The minimum atomic E-state index is -0.0428. The first-order chi connectivity index (χ1) is 13.7. The number of amides is 1. The molecule has 2 saturated heterocycles. The molecule has 1 aromatic heterocycles. The molecule has 2 atom stereocenters. The second-order valence-electron chi connectivity index (χ2n) is 8.80. The lowest BCUT2D eigenvalue weighted by atomic mass is 9.83. The number of piperidine rings is 2. The molecule has 6 heteroatoms. The third-order valence-electron chi connectivity index (χ3n) is 6.87. The Morgan fingerprint density at radius 1 is 1.14 bits per heavy atom. The van der Waals surface area contributed by atoms with E-state index in [0.29, 0.717) is 0 Å². The van der Waals surface area contributed by atoms with Crippen molar-refractivity contribution in [1.82, 2.24) is 19.4 Å². The number of nitrogens with one attached hydrogen (secondary N) is 1. The molecule has 1 N–H and O–H groups in total. The van der Waals surface area contributed by atoms with E-state index in [9.17, 15) is 4.79 Å². The molecule has 4 heterocycles. The van der Waals surface area contributed by atoms with Gasteiger partial charge >= 0.3 is 0 Å². The van der Waals surface area contributed by atoms with Gasteiger partial charge < -0.3 is 14.8 Å². The normalized spacial score (nSPS) is 26.0. The quantitative estimate of drug-likeness (QED) is 0.888. The number of carbonyl (C=O) groups excluding carboxylic acids is 1. The van der Waals surface area contributed by atoms with E-state index in [0.717, 1.165) is 48.6 Å². The van der Waals surface area contributed by atoms with Crippen LogP contribution in [0.25, 0.3) is 11.0 Å². The Labute approximate surface area is 166 Å². The van der Waals surface area contributed by atoms with Crippen LogP contribution in [0.4, 0.5) is 5.69 Å². The number of nitrogens with zero attached hydrogens (tertiary/aromatic N) is 4. The molecule has 6 nitrogen and oxygen atoms in total. The molecule has 1 amide bonds. The summed E-state index contributed by atoms with van der Waals surface area (Å²) in [5, 5.41) is 2.86. The molecule has 1 aromatic carbocycles. The van der Waals surface area contributed by atoms with E-state index < -0.39 is 0 Å². The fourth-order valence-corrected chi connectivity index (χ4v) is 5.63. The lowest BCUT2D eigenvalue weighted by Crippen LogP contribution is -2.51. The van der Waals surface area contributed by atoms with Crippen molar-refractivity contribution in [1.29, 1.82) is 0 Å². The minimum absolute atomic E-state index is 0.0428.